The van der Waals surface area contributed by atoms with Crippen molar-refractivity contribution < 1.29 is 23.8 Å². The fourth-order valence-corrected chi connectivity index (χ4v) is 3.93. The highest BCUT2D eigenvalue weighted by molar-refractivity contribution is 5.98. The number of carboxylic acid groups (broad SMARTS) is 1. The fraction of sp³-hybridized carbons (Fsp3) is 0.160. The molecule has 1 aliphatic rings. The lowest BCUT2D eigenvalue weighted by atomic mass is 9.80. The van der Waals surface area contributed by atoms with Gasteiger partial charge in [-0.15, -0.1) is 0 Å². The van der Waals surface area contributed by atoms with E-state index in [4.69, 9.17) is 4.74 Å². The predicted molar refractivity (Wildman–Crippen MR) is 117 cm³/mol. The number of ether oxygens (including phenoxy) is 1. The Morgan fingerprint density at radius 1 is 1.25 bits per heavy atom. The molecule has 1 amide bonds. The van der Waals surface area contributed by atoms with Gasteiger partial charge in [0.25, 0.3) is 5.91 Å². The molecule has 0 saturated heterocycles. The van der Waals surface area contributed by atoms with E-state index in [0.29, 0.717) is 41.2 Å². The second-order valence-corrected chi connectivity index (χ2v) is 7.58. The van der Waals surface area contributed by atoms with Crippen LogP contribution in [0.15, 0.2) is 61.3 Å². The average molecular weight is 432 g/mol. The highest BCUT2D eigenvalue weighted by Gasteiger charge is 2.43. The van der Waals surface area contributed by atoms with Crippen molar-refractivity contribution in [3.8, 4) is 5.75 Å². The summed E-state index contributed by atoms with van der Waals surface area (Å²) in [5.41, 5.74) is 1.01. The van der Waals surface area contributed by atoms with E-state index in [2.05, 4.69) is 16.9 Å². The minimum atomic E-state index is -1.12. The standard InChI is InChI=1S/C25H21FN2O4/c1-3-16-13-17(7-9-19(16)24(30)31)23(29)28-25(18-8-6-15(2)20(26)14-18)10-12-32-21-5-4-11-27-22(21)25/h3-9,11,13-14H,1,10,12H2,2H3,(H,28,29)(H,30,31)/t25-/m0/s1. The summed E-state index contributed by atoms with van der Waals surface area (Å²) in [4.78, 5) is 29.2. The Morgan fingerprint density at radius 2 is 2.06 bits per heavy atom. The number of pyridine rings is 1. The van der Waals surface area contributed by atoms with Crippen LogP contribution in [-0.2, 0) is 5.54 Å². The molecule has 1 aliphatic heterocycles. The topological polar surface area (TPSA) is 88.5 Å². The molecule has 0 spiro atoms. The van der Waals surface area contributed by atoms with Crippen LogP contribution in [0.5, 0.6) is 5.75 Å². The number of nitrogens with one attached hydrogen (secondary N) is 1. The zero-order valence-corrected chi connectivity index (χ0v) is 17.4. The zero-order valence-electron chi connectivity index (χ0n) is 17.4. The van der Waals surface area contributed by atoms with Crippen molar-refractivity contribution in [2.45, 2.75) is 18.9 Å². The zero-order chi connectivity index (χ0) is 22.9. The van der Waals surface area contributed by atoms with E-state index in [1.807, 2.05) is 0 Å². The van der Waals surface area contributed by atoms with E-state index in [1.54, 1.807) is 37.4 Å². The Balaban J connectivity index is 1.83. The van der Waals surface area contributed by atoms with Crippen LogP contribution in [0.1, 0.15) is 49.5 Å². The summed E-state index contributed by atoms with van der Waals surface area (Å²) in [7, 11) is 0. The molecule has 3 aromatic rings. The number of hydrogen-bond acceptors (Lipinski definition) is 4. The lowest BCUT2D eigenvalue weighted by molar-refractivity contribution is 0.0695. The minimum absolute atomic E-state index is 0.0462. The van der Waals surface area contributed by atoms with Crippen molar-refractivity contribution in [1.29, 1.82) is 0 Å². The van der Waals surface area contributed by atoms with Crippen LogP contribution in [0.25, 0.3) is 6.08 Å². The fourth-order valence-electron chi connectivity index (χ4n) is 3.93. The maximum atomic E-state index is 14.5. The number of rotatable bonds is 5. The lowest BCUT2D eigenvalue weighted by Gasteiger charge is -2.39. The van der Waals surface area contributed by atoms with Crippen molar-refractivity contribution in [2.24, 2.45) is 0 Å². The first kappa shape index (κ1) is 21.2. The molecule has 1 aromatic heterocycles. The Labute approximate surface area is 184 Å². The average Bonchev–Trinajstić information content (AvgIpc) is 2.80. The third-order valence-corrected chi connectivity index (χ3v) is 5.67. The number of halogens is 1. The van der Waals surface area contributed by atoms with E-state index in [0.717, 1.165) is 0 Å². The highest BCUT2D eigenvalue weighted by Crippen LogP contribution is 2.41. The monoisotopic (exact) mass is 432 g/mol. The van der Waals surface area contributed by atoms with Crippen molar-refractivity contribution in [2.75, 3.05) is 6.61 Å². The molecule has 0 saturated carbocycles. The Hall–Kier alpha value is -4.00. The predicted octanol–water partition coefficient (Wildman–Crippen LogP) is 4.33. The molecule has 162 valence electrons. The van der Waals surface area contributed by atoms with E-state index in [-0.39, 0.29) is 16.9 Å². The molecular formula is C25H21FN2O4. The molecule has 0 aliphatic carbocycles. The van der Waals surface area contributed by atoms with Crippen molar-refractivity contribution in [1.82, 2.24) is 10.3 Å². The molecule has 6 nitrogen and oxygen atoms in total. The first-order chi connectivity index (χ1) is 15.4. The van der Waals surface area contributed by atoms with Crippen molar-refractivity contribution in [3.05, 3.63) is 101 Å². The van der Waals surface area contributed by atoms with Crippen LogP contribution in [0.4, 0.5) is 4.39 Å². The molecule has 1 atom stereocenters. The van der Waals surface area contributed by atoms with Gasteiger partial charge in [0, 0.05) is 18.2 Å². The van der Waals surface area contributed by atoms with Crippen LogP contribution >= 0.6 is 0 Å². The van der Waals surface area contributed by atoms with E-state index in [9.17, 15) is 19.1 Å². The number of carboxylic acids is 1. The molecule has 0 fully saturated rings. The number of aryl methyl sites for hydroxylation is 1. The Morgan fingerprint density at radius 3 is 2.78 bits per heavy atom. The summed E-state index contributed by atoms with van der Waals surface area (Å²) in [6.45, 7) is 5.60. The number of aromatic carboxylic acids is 1. The molecule has 7 heteroatoms. The van der Waals surface area contributed by atoms with Gasteiger partial charge in [0.15, 0.2) is 0 Å². The van der Waals surface area contributed by atoms with Crippen LogP contribution in [0.3, 0.4) is 0 Å². The molecule has 2 aromatic carbocycles. The Bertz CT molecular complexity index is 1240. The molecule has 0 unspecified atom stereocenters. The smallest absolute Gasteiger partial charge is 0.336 e. The number of amides is 1. The highest BCUT2D eigenvalue weighted by atomic mass is 19.1. The first-order valence-electron chi connectivity index (χ1n) is 10.0. The summed E-state index contributed by atoms with van der Waals surface area (Å²) >= 11 is 0. The number of benzene rings is 2. The van der Waals surface area contributed by atoms with Crippen LogP contribution in [0.2, 0.25) is 0 Å². The summed E-state index contributed by atoms with van der Waals surface area (Å²) in [5.74, 6) is -1.45. The second-order valence-electron chi connectivity index (χ2n) is 7.58. The minimum Gasteiger partial charge on any atom is -0.491 e. The summed E-state index contributed by atoms with van der Waals surface area (Å²) < 4.78 is 20.3. The molecular weight excluding hydrogens is 411 g/mol. The number of hydrogen-bond donors (Lipinski definition) is 2. The molecule has 4 rings (SSSR count). The number of carbonyl (C=O) groups excluding carboxylic acids is 1. The number of aromatic nitrogens is 1. The third-order valence-electron chi connectivity index (χ3n) is 5.67. The molecule has 32 heavy (non-hydrogen) atoms. The van der Waals surface area contributed by atoms with E-state index >= 15 is 0 Å². The largest absolute Gasteiger partial charge is 0.491 e. The molecule has 0 radical (unpaired) electrons. The van der Waals surface area contributed by atoms with E-state index < -0.39 is 17.4 Å². The SMILES string of the molecule is C=Cc1cc(C(=O)N[C@]2(c3ccc(C)c(F)c3)CCOc3cccnc32)ccc1C(=O)O. The van der Waals surface area contributed by atoms with Gasteiger partial charge in [0.1, 0.15) is 22.8 Å². The van der Waals surface area contributed by atoms with Crippen LogP contribution < -0.4 is 10.1 Å². The van der Waals surface area contributed by atoms with Gasteiger partial charge in [-0.2, -0.15) is 0 Å². The van der Waals surface area contributed by atoms with Gasteiger partial charge in [-0.1, -0.05) is 24.8 Å². The van der Waals surface area contributed by atoms with Gasteiger partial charge in [-0.3, -0.25) is 9.78 Å². The second kappa shape index (κ2) is 8.26. The van der Waals surface area contributed by atoms with Gasteiger partial charge in [-0.05, 0) is 60.0 Å². The summed E-state index contributed by atoms with van der Waals surface area (Å²) in [6, 6.07) is 12.6. The van der Waals surface area contributed by atoms with E-state index in [1.165, 1.54) is 30.3 Å². The van der Waals surface area contributed by atoms with Gasteiger partial charge in [-0.25, -0.2) is 9.18 Å². The summed E-state index contributed by atoms with van der Waals surface area (Å²) in [6.07, 6.45) is 3.32. The molecule has 2 heterocycles. The van der Waals surface area contributed by atoms with Crippen LogP contribution in [0, 0.1) is 12.7 Å². The molecule has 2 N–H and O–H groups in total. The molecule has 0 bridgehead atoms. The van der Waals surface area contributed by atoms with Gasteiger partial charge >= 0.3 is 5.97 Å². The lowest BCUT2D eigenvalue weighted by Crippen LogP contribution is -2.50. The number of carbonyl (C=O) groups is 2. The maximum absolute atomic E-state index is 14.5. The quantitative estimate of drug-likeness (QED) is 0.627. The first-order valence-corrected chi connectivity index (χ1v) is 10.0. The Kier molecular flexibility index (Phi) is 5.48. The number of fused-ring (bicyclic) bond motifs is 1. The van der Waals surface area contributed by atoms with Crippen molar-refractivity contribution in [3.63, 3.8) is 0 Å². The van der Waals surface area contributed by atoms with Crippen LogP contribution in [-0.4, -0.2) is 28.6 Å². The normalized spacial score (nSPS) is 17.1. The van der Waals surface area contributed by atoms with Gasteiger partial charge < -0.3 is 15.2 Å². The summed E-state index contributed by atoms with van der Waals surface area (Å²) in [5, 5.41) is 12.4. The number of nitrogens with zero attached hydrogens (tertiary/aromatic N) is 1. The third kappa shape index (κ3) is 3.62. The van der Waals surface area contributed by atoms with Crippen molar-refractivity contribution >= 4 is 18.0 Å². The maximum Gasteiger partial charge on any atom is 0.336 e. The van der Waals surface area contributed by atoms with Gasteiger partial charge in [0.2, 0.25) is 0 Å². The van der Waals surface area contributed by atoms with Gasteiger partial charge in [0.05, 0.1) is 12.2 Å².